The van der Waals surface area contributed by atoms with Crippen molar-refractivity contribution >= 4 is 17.7 Å². The minimum Gasteiger partial charge on any atom is -0.481 e. The Morgan fingerprint density at radius 3 is 2.67 bits per heavy atom. The molecule has 1 saturated heterocycles. The number of amides is 2. The molecule has 0 spiro atoms. The first-order valence-electron chi connectivity index (χ1n) is 7.10. The Morgan fingerprint density at radius 1 is 1.29 bits per heavy atom. The molecule has 114 valence electrons. The summed E-state index contributed by atoms with van der Waals surface area (Å²) in [5.41, 5.74) is 1.34. The molecular weight excluding hydrogens is 272 g/mol. The Bertz CT molecular complexity index is 481. The first-order valence-corrected chi connectivity index (χ1v) is 7.10. The SMILES string of the molecule is O=C(O)Cc1ccc(NC(=O)NCCC2CCCO2)cc1. The van der Waals surface area contributed by atoms with E-state index in [9.17, 15) is 9.59 Å². The van der Waals surface area contributed by atoms with E-state index in [-0.39, 0.29) is 18.6 Å². The average molecular weight is 292 g/mol. The number of aliphatic carboxylic acids is 1. The summed E-state index contributed by atoms with van der Waals surface area (Å²) >= 11 is 0. The Kier molecular flexibility index (Phi) is 5.57. The Balaban J connectivity index is 1.70. The maximum Gasteiger partial charge on any atom is 0.319 e. The standard InChI is InChI=1S/C15H20N2O4/c18-14(19)10-11-3-5-12(6-4-11)17-15(20)16-8-7-13-2-1-9-21-13/h3-6,13H,1-2,7-10H2,(H,18,19)(H2,16,17,20). The Morgan fingerprint density at radius 2 is 2.05 bits per heavy atom. The van der Waals surface area contributed by atoms with Crippen LogP contribution in [-0.4, -0.2) is 36.4 Å². The van der Waals surface area contributed by atoms with Gasteiger partial charge in [0, 0.05) is 18.8 Å². The van der Waals surface area contributed by atoms with Crippen LogP contribution in [0.3, 0.4) is 0 Å². The topological polar surface area (TPSA) is 87.7 Å². The van der Waals surface area contributed by atoms with Crippen LogP contribution >= 0.6 is 0 Å². The van der Waals surface area contributed by atoms with Crippen LogP contribution in [0.2, 0.25) is 0 Å². The highest BCUT2D eigenvalue weighted by Crippen LogP contribution is 2.14. The molecule has 0 radical (unpaired) electrons. The van der Waals surface area contributed by atoms with Crippen LogP contribution in [0, 0.1) is 0 Å². The first kappa shape index (κ1) is 15.3. The number of carboxylic acids is 1. The fourth-order valence-corrected chi connectivity index (χ4v) is 2.27. The predicted octanol–water partition coefficient (Wildman–Crippen LogP) is 2.00. The van der Waals surface area contributed by atoms with Gasteiger partial charge in [-0.3, -0.25) is 4.79 Å². The van der Waals surface area contributed by atoms with Gasteiger partial charge in [0.05, 0.1) is 12.5 Å². The van der Waals surface area contributed by atoms with Gasteiger partial charge in [0.1, 0.15) is 0 Å². The molecule has 0 aliphatic carbocycles. The number of carboxylic acid groups (broad SMARTS) is 1. The van der Waals surface area contributed by atoms with Crippen molar-refractivity contribution in [3.8, 4) is 0 Å². The molecule has 1 atom stereocenters. The number of anilines is 1. The zero-order chi connectivity index (χ0) is 15.1. The molecule has 6 heteroatoms. The Labute approximate surface area is 123 Å². The number of rotatable bonds is 6. The van der Waals surface area contributed by atoms with Crippen LogP contribution in [0.4, 0.5) is 10.5 Å². The average Bonchev–Trinajstić information content (AvgIpc) is 2.93. The highest BCUT2D eigenvalue weighted by molar-refractivity contribution is 5.89. The Hall–Kier alpha value is -2.08. The molecule has 1 fully saturated rings. The molecule has 3 N–H and O–H groups in total. The van der Waals surface area contributed by atoms with Crippen molar-refractivity contribution in [1.82, 2.24) is 5.32 Å². The molecule has 0 bridgehead atoms. The summed E-state index contributed by atoms with van der Waals surface area (Å²) in [6.45, 7) is 1.40. The summed E-state index contributed by atoms with van der Waals surface area (Å²) in [5.74, 6) is -0.873. The van der Waals surface area contributed by atoms with Gasteiger partial charge < -0.3 is 20.5 Å². The van der Waals surface area contributed by atoms with Crippen molar-refractivity contribution in [2.75, 3.05) is 18.5 Å². The molecule has 1 aliphatic rings. The van der Waals surface area contributed by atoms with Crippen LogP contribution < -0.4 is 10.6 Å². The summed E-state index contributed by atoms with van der Waals surface area (Å²) in [5, 5.41) is 14.2. The van der Waals surface area contributed by atoms with Gasteiger partial charge in [0.25, 0.3) is 0 Å². The van der Waals surface area contributed by atoms with Crippen LogP contribution in [0.5, 0.6) is 0 Å². The van der Waals surface area contributed by atoms with Crippen LogP contribution in [-0.2, 0) is 16.0 Å². The second kappa shape index (κ2) is 7.64. The molecule has 1 unspecified atom stereocenters. The molecule has 1 aromatic carbocycles. The van der Waals surface area contributed by atoms with Gasteiger partial charge in [-0.15, -0.1) is 0 Å². The number of hydrogen-bond donors (Lipinski definition) is 3. The van der Waals surface area contributed by atoms with Gasteiger partial charge in [-0.1, -0.05) is 12.1 Å². The highest BCUT2D eigenvalue weighted by Gasteiger charge is 2.15. The van der Waals surface area contributed by atoms with Gasteiger partial charge in [-0.05, 0) is 37.0 Å². The molecule has 1 aromatic rings. The normalized spacial score (nSPS) is 17.4. The smallest absolute Gasteiger partial charge is 0.319 e. The van der Waals surface area contributed by atoms with Crippen molar-refractivity contribution in [1.29, 1.82) is 0 Å². The lowest BCUT2D eigenvalue weighted by molar-refractivity contribution is -0.136. The van der Waals surface area contributed by atoms with Crippen LogP contribution in [0.15, 0.2) is 24.3 Å². The van der Waals surface area contributed by atoms with E-state index in [2.05, 4.69) is 10.6 Å². The summed E-state index contributed by atoms with van der Waals surface area (Å²) in [7, 11) is 0. The number of nitrogens with one attached hydrogen (secondary N) is 2. The minimum absolute atomic E-state index is 0.0200. The highest BCUT2D eigenvalue weighted by atomic mass is 16.5. The maximum absolute atomic E-state index is 11.7. The lowest BCUT2D eigenvalue weighted by Gasteiger charge is -2.11. The van der Waals surface area contributed by atoms with Gasteiger partial charge in [0.2, 0.25) is 0 Å². The van der Waals surface area contributed by atoms with E-state index in [1.54, 1.807) is 24.3 Å². The van der Waals surface area contributed by atoms with E-state index in [4.69, 9.17) is 9.84 Å². The van der Waals surface area contributed by atoms with Gasteiger partial charge >= 0.3 is 12.0 Å². The summed E-state index contributed by atoms with van der Waals surface area (Å²) in [4.78, 5) is 22.3. The zero-order valence-corrected chi connectivity index (χ0v) is 11.8. The van der Waals surface area contributed by atoms with Crippen molar-refractivity contribution in [3.63, 3.8) is 0 Å². The number of hydrogen-bond acceptors (Lipinski definition) is 3. The second-order valence-electron chi connectivity index (χ2n) is 5.07. The van der Waals surface area contributed by atoms with E-state index in [1.807, 2.05) is 0 Å². The third-order valence-corrected chi connectivity index (χ3v) is 3.34. The fraction of sp³-hybridized carbons (Fsp3) is 0.467. The van der Waals surface area contributed by atoms with Gasteiger partial charge in [-0.25, -0.2) is 4.79 Å². The quantitative estimate of drug-likeness (QED) is 0.748. The van der Waals surface area contributed by atoms with Crippen molar-refractivity contribution in [3.05, 3.63) is 29.8 Å². The third-order valence-electron chi connectivity index (χ3n) is 3.34. The fourth-order valence-electron chi connectivity index (χ4n) is 2.27. The number of ether oxygens (including phenoxy) is 1. The molecule has 0 aromatic heterocycles. The minimum atomic E-state index is -0.873. The predicted molar refractivity (Wildman–Crippen MR) is 78.4 cm³/mol. The number of carbonyl (C=O) groups is 2. The zero-order valence-electron chi connectivity index (χ0n) is 11.8. The molecule has 2 amide bonds. The van der Waals surface area contributed by atoms with Crippen molar-refractivity contribution in [2.45, 2.75) is 31.8 Å². The van der Waals surface area contributed by atoms with Crippen molar-refractivity contribution in [2.24, 2.45) is 0 Å². The summed E-state index contributed by atoms with van der Waals surface area (Å²) in [6, 6.07) is 6.50. The molecule has 6 nitrogen and oxygen atoms in total. The molecule has 1 heterocycles. The lowest BCUT2D eigenvalue weighted by Crippen LogP contribution is -2.31. The van der Waals surface area contributed by atoms with Gasteiger partial charge in [0.15, 0.2) is 0 Å². The number of urea groups is 1. The second-order valence-corrected chi connectivity index (χ2v) is 5.07. The number of benzene rings is 1. The van der Waals surface area contributed by atoms with Crippen LogP contribution in [0.25, 0.3) is 0 Å². The van der Waals surface area contributed by atoms with Gasteiger partial charge in [-0.2, -0.15) is 0 Å². The lowest BCUT2D eigenvalue weighted by atomic mass is 10.1. The molecular formula is C15H20N2O4. The van der Waals surface area contributed by atoms with E-state index >= 15 is 0 Å². The monoisotopic (exact) mass is 292 g/mol. The molecule has 0 saturated carbocycles. The largest absolute Gasteiger partial charge is 0.481 e. The summed E-state index contributed by atoms with van der Waals surface area (Å²) < 4.78 is 5.48. The van der Waals surface area contributed by atoms with E-state index in [1.165, 1.54) is 0 Å². The maximum atomic E-state index is 11.7. The molecule has 2 rings (SSSR count). The number of carbonyl (C=O) groups excluding carboxylic acids is 1. The van der Waals surface area contributed by atoms with Crippen molar-refractivity contribution < 1.29 is 19.4 Å². The summed E-state index contributed by atoms with van der Waals surface area (Å²) in [6.07, 6.45) is 3.23. The van der Waals surface area contributed by atoms with E-state index in [0.29, 0.717) is 17.8 Å². The molecule has 21 heavy (non-hydrogen) atoms. The first-order chi connectivity index (χ1) is 10.1. The third kappa shape index (κ3) is 5.43. The van der Waals surface area contributed by atoms with E-state index in [0.717, 1.165) is 25.9 Å². The van der Waals surface area contributed by atoms with E-state index < -0.39 is 5.97 Å². The van der Waals surface area contributed by atoms with Crippen LogP contribution in [0.1, 0.15) is 24.8 Å². The molecule has 1 aliphatic heterocycles.